The van der Waals surface area contributed by atoms with Gasteiger partial charge in [-0.2, -0.15) is 0 Å². The highest BCUT2D eigenvalue weighted by atomic mass is 14.2. The maximum absolute atomic E-state index is 4.29. The van der Waals surface area contributed by atoms with Crippen molar-refractivity contribution < 1.29 is 0 Å². The van der Waals surface area contributed by atoms with Gasteiger partial charge < -0.3 is 0 Å². The molecule has 0 radical (unpaired) electrons. The molecule has 0 heterocycles. The molecule has 0 bridgehead atoms. The minimum atomic E-state index is 1.07. The Morgan fingerprint density at radius 3 is 1.72 bits per heavy atom. The summed E-state index contributed by atoms with van der Waals surface area (Å²) in [6, 6.07) is 11.0. The standard InChI is InChI=1S/C25H24/c1-13-14(2)16(4)25-19(7)23-17(5)21-11-9-8-10-20(21)12-22(23)18(6)24(25)15(13)3/h8-12H,1-2H2,3-7H3. The summed E-state index contributed by atoms with van der Waals surface area (Å²) in [7, 11) is 0. The zero-order valence-corrected chi connectivity index (χ0v) is 15.8. The third-order valence-corrected chi connectivity index (χ3v) is 6.11. The van der Waals surface area contributed by atoms with Crippen molar-refractivity contribution in [1.29, 1.82) is 0 Å². The Morgan fingerprint density at radius 1 is 0.560 bits per heavy atom. The van der Waals surface area contributed by atoms with Crippen molar-refractivity contribution >= 4 is 45.5 Å². The van der Waals surface area contributed by atoms with E-state index in [0.29, 0.717) is 0 Å². The fourth-order valence-corrected chi connectivity index (χ4v) is 4.63. The van der Waals surface area contributed by atoms with E-state index in [9.17, 15) is 0 Å². The molecule has 0 saturated heterocycles. The highest BCUT2D eigenvalue weighted by Crippen LogP contribution is 2.38. The smallest absolute Gasteiger partial charge is 0.0107 e. The number of rotatable bonds is 0. The van der Waals surface area contributed by atoms with Gasteiger partial charge in [-0.3, -0.25) is 0 Å². The number of benzene rings is 4. The van der Waals surface area contributed by atoms with E-state index in [1.807, 2.05) is 0 Å². The average Bonchev–Trinajstić information content (AvgIpc) is 2.61. The van der Waals surface area contributed by atoms with Gasteiger partial charge in [-0.05, 0) is 111 Å². The van der Waals surface area contributed by atoms with Crippen LogP contribution >= 0.6 is 0 Å². The summed E-state index contributed by atoms with van der Waals surface area (Å²) < 4.78 is 0. The molecule has 4 aromatic carbocycles. The van der Waals surface area contributed by atoms with Crippen LogP contribution in [-0.4, -0.2) is 0 Å². The van der Waals surface area contributed by atoms with E-state index in [1.165, 1.54) is 60.1 Å². The molecule has 0 amide bonds. The Kier molecular flexibility index (Phi) is 3.30. The first-order valence-corrected chi connectivity index (χ1v) is 8.86. The largest absolute Gasteiger partial charge is 0.0909 e. The quantitative estimate of drug-likeness (QED) is 0.374. The first-order valence-electron chi connectivity index (χ1n) is 8.86. The molecule has 0 fully saturated rings. The van der Waals surface area contributed by atoms with Crippen LogP contribution in [0.15, 0.2) is 30.3 Å². The molecule has 0 aromatic heterocycles. The number of hydrogen-bond acceptors (Lipinski definition) is 0. The van der Waals surface area contributed by atoms with Gasteiger partial charge in [0.25, 0.3) is 0 Å². The maximum Gasteiger partial charge on any atom is -0.0107 e. The molecular formula is C25H24. The monoisotopic (exact) mass is 324 g/mol. The minimum absolute atomic E-state index is 1.07. The Morgan fingerprint density at radius 2 is 1.08 bits per heavy atom. The highest BCUT2D eigenvalue weighted by Gasteiger charge is 2.16. The van der Waals surface area contributed by atoms with Crippen molar-refractivity contribution in [1.82, 2.24) is 0 Å². The van der Waals surface area contributed by atoms with Gasteiger partial charge in [0.05, 0.1) is 0 Å². The lowest BCUT2D eigenvalue weighted by Gasteiger charge is -2.19. The highest BCUT2D eigenvalue weighted by molar-refractivity contribution is 6.13. The molecule has 0 aliphatic carbocycles. The van der Waals surface area contributed by atoms with Gasteiger partial charge in [-0.1, -0.05) is 37.4 Å². The molecule has 4 rings (SSSR count). The van der Waals surface area contributed by atoms with E-state index < -0.39 is 0 Å². The molecule has 0 saturated carbocycles. The van der Waals surface area contributed by atoms with Crippen LogP contribution in [0.5, 0.6) is 0 Å². The van der Waals surface area contributed by atoms with Gasteiger partial charge in [0.15, 0.2) is 0 Å². The topological polar surface area (TPSA) is 0 Å². The molecule has 0 aliphatic heterocycles. The maximum atomic E-state index is 4.29. The van der Waals surface area contributed by atoms with E-state index in [0.717, 1.165) is 10.4 Å². The molecule has 0 heteroatoms. The lowest BCUT2D eigenvalue weighted by molar-refractivity contribution is 1.34. The number of hydrogen-bond donors (Lipinski definition) is 0. The third kappa shape index (κ3) is 1.94. The molecule has 25 heavy (non-hydrogen) atoms. The van der Waals surface area contributed by atoms with E-state index in [4.69, 9.17) is 0 Å². The van der Waals surface area contributed by atoms with Gasteiger partial charge in [0, 0.05) is 0 Å². The normalized spacial score (nSPS) is 11.7. The van der Waals surface area contributed by atoms with Crippen molar-refractivity contribution in [3.63, 3.8) is 0 Å². The van der Waals surface area contributed by atoms with Crippen molar-refractivity contribution in [2.24, 2.45) is 0 Å². The molecule has 0 spiro atoms. The summed E-state index contributed by atoms with van der Waals surface area (Å²) >= 11 is 0. The number of aryl methyl sites for hydroxylation is 5. The van der Waals surface area contributed by atoms with Crippen molar-refractivity contribution in [3.8, 4) is 0 Å². The fraction of sp³-hybridized carbons (Fsp3) is 0.200. The first-order chi connectivity index (χ1) is 11.8. The second-order valence-electron chi connectivity index (χ2n) is 7.35. The molecule has 124 valence electrons. The second kappa shape index (κ2) is 5.20. The predicted molar refractivity (Wildman–Crippen MR) is 113 cm³/mol. The van der Waals surface area contributed by atoms with Crippen LogP contribution in [0, 0.1) is 34.6 Å². The summed E-state index contributed by atoms with van der Waals surface area (Å²) in [5.74, 6) is 0. The molecule has 4 aromatic rings. The van der Waals surface area contributed by atoms with Gasteiger partial charge in [-0.15, -0.1) is 0 Å². The molecule has 0 unspecified atom stereocenters. The van der Waals surface area contributed by atoms with Crippen LogP contribution in [0.3, 0.4) is 0 Å². The summed E-state index contributed by atoms with van der Waals surface area (Å²) in [6.07, 6.45) is 0. The minimum Gasteiger partial charge on any atom is -0.0909 e. The Bertz CT molecular complexity index is 1300. The molecule has 0 nitrogen and oxygen atoms in total. The third-order valence-electron chi connectivity index (χ3n) is 6.11. The Balaban J connectivity index is 2.45. The summed E-state index contributed by atoms with van der Waals surface area (Å²) in [6.45, 7) is 19.7. The van der Waals surface area contributed by atoms with Crippen LogP contribution < -0.4 is 10.4 Å². The van der Waals surface area contributed by atoms with Crippen molar-refractivity contribution in [2.45, 2.75) is 34.6 Å². The van der Waals surface area contributed by atoms with E-state index >= 15 is 0 Å². The summed E-state index contributed by atoms with van der Waals surface area (Å²) in [5, 5.41) is 10.3. The zero-order valence-electron chi connectivity index (χ0n) is 15.8. The molecule has 0 atom stereocenters. The first kappa shape index (κ1) is 15.9. The van der Waals surface area contributed by atoms with E-state index in [-0.39, 0.29) is 0 Å². The second-order valence-corrected chi connectivity index (χ2v) is 7.35. The van der Waals surface area contributed by atoms with Crippen LogP contribution in [0.2, 0.25) is 0 Å². The van der Waals surface area contributed by atoms with Crippen LogP contribution in [-0.2, 0) is 0 Å². The lowest BCUT2D eigenvalue weighted by atomic mass is 9.84. The summed E-state index contributed by atoms with van der Waals surface area (Å²) in [5.41, 5.74) is 6.62. The van der Waals surface area contributed by atoms with Crippen LogP contribution in [0.1, 0.15) is 27.8 Å². The molecule has 0 N–H and O–H groups in total. The van der Waals surface area contributed by atoms with E-state index in [2.05, 4.69) is 78.1 Å². The van der Waals surface area contributed by atoms with Crippen molar-refractivity contribution in [3.05, 3.63) is 68.6 Å². The Labute approximate surface area is 149 Å². The average molecular weight is 324 g/mol. The zero-order chi connectivity index (χ0) is 18.0. The Hall–Kier alpha value is -2.60. The van der Waals surface area contributed by atoms with Gasteiger partial charge in [-0.25, -0.2) is 0 Å². The van der Waals surface area contributed by atoms with Crippen molar-refractivity contribution in [2.75, 3.05) is 0 Å². The van der Waals surface area contributed by atoms with E-state index in [1.54, 1.807) is 0 Å². The predicted octanol–water partition coefficient (Wildman–Crippen LogP) is 5.51. The van der Waals surface area contributed by atoms with Gasteiger partial charge >= 0.3 is 0 Å². The van der Waals surface area contributed by atoms with Crippen LogP contribution in [0.25, 0.3) is 45.5 Å². The van der Waals surface area contributed by atoms with Crippen LogP contribution in [0.4, 0.5) is 0 Å². The van der Waals surface area contributed by atoms with Gasteiger partial charge in [0.1, 0.15) is 0 Å². The van der Waals surface area contributed by atoms with Gasteiger partial charge in [0.2, 0.25) is 0 Å². The number of fused-ring (bicyclic) bond motifs is 3. The summed E-state index contributed by atoms with van der Waals surface area (Å²) in [4.78, 5) is 0. The SMILES string of the molecule is C=c1c(C)c2c(C)c3cc4ccccc4c(C)c3c(C)c2c(C)c1=C. The fourth-order valence-electron chi connectivity index (χ4n) is 4.63. The lowest BCUT2D eigenvalue weighted by Crippen LogP contribution is -2.28. The molecular weight excluding hydrogens is 300 g/mol. The molecule has 0 aliphatic rings.